The molecule has 8 heteroatoms. The van der Waals surface area contributed by atoms with E-state index in [0.29, 0.717) is 29.6 Å². The Morgan fingerprint density at radius 1 is 1.24 bits per heavy atom. The van der Waals surface area contributed by atoms with Crippen LogP contribution in [0.3, 0.4) is 0 Å². The highest BCUT2D eigenvalue weighted by Crippen LogP contribution is 2.22. The van der Waals surface area contributed by atoms with E-state index in [1.54, 1.807) is 23.5 Å². The topological polar surface area (TPSA) is 93.4 Å². The normalized spacial score (nSPS) is 10.7. The molecule has 4 aromatic rings. The summed E-state index contributed by atoms with van der Waals surface area (Å²) in [6, 6.07) is 11.3. The van der Waals surface area contributed by atoms with Gasteiger partial charge in [-0.25, -0.2) is 0 Å². The number of nitrogens with zero attached hydrogens (tertiary/aromatic N) is 6. The molecule has 0 unspecified atom stereocenters. The van der Waals surface area contributed by atoms with Crippen LogP contribution in [0.25, 0.3) is 22.8 Å². The van der Waals surface area contributed by atoms with E-state index in [0.717, 1.165) is 17.0 Å². The lowest BCUT2D eigenvalue weighted by Gasteiger charge is -2.06. The number of thiophene rings is 1. The minimum Gasteiger partial charge on any atom is -0.337 e. The van der Waals surface area contributed by atoms with E-state index in [1.165, 1.54) is 0 Å². The average molecular weight is 348 g/mol. The first kappa shape index (κ1) is 15.2. The van der Waals surface area contributed by atoms with Gasteiger partial charge in [-0.3, -0.25) is 0 Å². The minimum absolute atomic E-state index is 0.363. The van der Waals surface area contributed by atoms with Crippen molar-refractivity contribution in [1.82, 2.24) is 24.9 Å². The van der Waals surface area contributed by atoms with E-state index >= 15 is 0 Å². The monoisotopic (exact) mass is 348 g/mol. The molecule has 7 nitrogen and oxygen atoms in total. The van der Waals surface area contributed by atoms with Gasteiger partial charge in [0.25, 0.3) is 0 Å². The standard InChI is InChI=1S/C17H12N6OS/c1-11-20-21-17(13-4-2-3-12(7-13)8-18)23(11)9-15-19-16(22-24-15)14-5-6-25-10-14/h2-7,10H,9H2,1H3. The molecule has 0 spiro atoms. The Balaban J connectivity index is 1.68. The van der Waals surface area contributed by atoms with Gasteiger partial charge in [-0.1, -0.05) is 17.3 Å². The van der Waals surface area contributed by atoms with E-state index in [2.05, 4.69) is 26.4 Å². The zero-order valence-corrected chi connectivity index (χ0v) is 14.1. The Kier molecular flexibility index (Phi) is 3.84. The number of aryl methyl sites for hydroxylation is 1. The van der Waals surface area contributed by atoms with Crippen molar-refractivity contribution in [3.05, 3.63) is 58.4 Å². The molecule has 0 aliphatic rings. The van der Waals surface area contributed by atoms with Gasteiger partial charge in [-0.15, -0.1) is 10.2 Å². The zero-order chi connectivity index (χ0) is 17.2. The van der Waals surface area contributed by atoms with E-state index in [4.69, 9.17) is 9.78 Å². The maximum atomic E-state index is 9.09. The predicted molar refractivity (Wildman–Crippen MR) is 91.6 cm³/mol. The Bertz CT molecular complexity index is 1060. The molecule has 122 valence electrons. The highest BCUT2D eigenvalue weighted by Gasteiger charge is 2.16. The molecule has 0 aliphatic heterocycles. The van der Waals surface area contributed by atoms with Gasteiger partial charge in [-0.2, -0.15) is 21.6 Å². The van der Waals surface area contributed by atoms with Crippen LogP contribution in [0.4, 0.5) is 0 Å². The Morgan fingerprint density at radius 3 is 2.96 bits per heavy atom. The predicted octanol–water partition coefficient (Wildman–Crippen LogP) is 3.29. The second-order valence-electron chi connectivity index (χ2n) is 5.37. The fourth-order valence-corrected chi connectivity index (χ4v) is 3.11. The first-order valence-electron chi connectivity index (χ1n) is 7.50. The fourth-order valence-electron chi connectivity index (χ4n) is 2.47. The fraction of sp³-hybridized carbons (Fsp3) is 0.118. The Labute approximate surface area is 147 Å². The van der Waals surface area contributed by atoms with Crippen LogP contribution < -0.4 is 0 Å². The highest BCUT2D eigenvalue weighted by atomic mass is 32.1. The lowest BCUT2D eigenvalue weighted by Crippen LogP contribution is -2.05. The quantitative estimate of drug-likeness (QED) is 0.562. The summed E-state index contributed by atoms with van der Waals surface area (Å²) >= 11 is 1.58. The molecule has 0 radical (unpaired) electrons. The van der Waals surface area contributed by atoms with Crippen molar-refractivity contribution in [3.63, 3.8) is 0 Å². The van der Waals surface area contributed by atoms with Crippen LogP contribution in [0.2, 0.25) is 0 Å². The minimum atomic E-state index is 0.363. The van der Waals surface area contributed by atoms with Crippen LogP contribution in [-0.4, -0.2) is 24.9 Å². The average Bonchev–Trinajstić information content (AvgIpc) is 3.37. The summed E-state index contributed by atoms with van der Waals surface area (Å²) in [6.45, 7) is 2.23. The second kappa shape index (κ2) is 6.30. The van der Waals surface area contributed by atoms with Gasteiger partial charge in [0.2, 0.25) is 11.7 Å². The molecule has 0 aliphatic carbocycles. The number of hydrogen-bond donors (Lipinski definition) is 0. The summed E-state index contributed by atoms with van der Waals surface area (Å²) in [5.41, 5.74) is 2.32. The van der Waals surface area contributed by atoms with Crippen LogP contribution in [0.15, 0.2) is 45.6 Å². The lowest BCUT2D eigenvalue weighted by molar-refractivity contribution is 0.371. The van der Waals surface area contributed by atoms with Crippen LogP contribution >= 0.6 is 11.3 Å². The van der Waals surface area contributed by atoms with Crippen molar-refractivity contribution < 1.29 is 4.52 Å². The van der Waals surface area contributed by atoms with Crippen molar-refractivity contribution in [2.45, 2.75) is 13.5 Å². The van der Waals surface area contributed by atoms with Crippen molar-refractivity contribution in [1.29, 1.82) is 5.26 Å². The second-order valence-corrected chi connectivity index (χ2v) is 6.15. The van der Waals surface area contributed by atoms with Gasteiger partial charge in [0.1, 0.15) is 12.4 Å². The van der Waals surface area contributed by atoms with Crippen LogP contribution in [0.1, 0.15) is 17.3 Å². The molecule has 0 amide bonds. The number of rotatable bonds is 4. The summed E-state index contributed by atoms with van der Waals surface area (Å²) in [5, 5.41) is 25.4. The lowest BCUT2D eigenvalue weighted by atomic mass is 10.1. The molecule has 3 heterocycles. The Morgan fingerprint density at radius 2 is 2.16 bits per heavy atom. The van der Waals surface area contributed by atoms with Crippen molar-refractivity contribution >= 4 is 11.3 Å². The van der Waals surface area contributed by atoms with Crippen LogP contribution in [-0.2, 0) is 6.54 Å². The molecule has 3 aromatic heterocycles. The molecule has 25 heavy (non-hydrogen) atoms. The number of aromatic nitrogens is 5. The third-order valence-corrected chi connectivity index (χ3v) is 4.41. The Hall–Kier alpha value is -3.31. The van der Waals surface area contributed by atoms with Crippen molar-refractivity contribution in [2.75, 3.05) is 0 Å². The van der Waals surface area contributed by atoms with Gasteiger partial charge >= 0.3 is 0 Å². The SMILES string of the molecule is Cc1nnc(-c2cccc(C#N)c2)n1Cc1nc(-c2ccsc2)no1. The van der Waals surface area contributed by atoms with Gasteiger partial charge < -0.3 is 9.09 Å². The molecule has 4 rings (SSSR count). The zero-order valence-electron chi connectivity index (χ0n) is 13.2. The third kappa shape index (κ3) is 2.93. The van der Waals surface area contributed by atoms with E-state index in [9.17, 15) is 0 Å². The van der Waals surface area contributed by atoms with Gasteiger partial charge in [0.15, 0.2) is 5.82 Å². The number of benzene rings is 1. The molecule has 0 atom stereocenters. The molecular weight excluding hydrogens is 336 g/mol. The molecule has 0 bridgehead atoms. The largest absolute Gasteiger partial charge is 0.337 e. The van der Waals surface area contributed by atoms with Gasteiger partial charge in [-0.05, 0) is 30.5 Å². The van der Waals surface area contributed by atoms with E-state index in [-0.39, 0.29) is 0 Å². The maximum absolute atomic E-state index is 9.09. The first-order chi connectivity index (χ1) is 12.2. The number of nitriles is 1. The summed E-state index contributed by atoms with van der Waals surface area (Å²) < 4.78 is 7.26. The van der Waals surface area contributed by atoms with E-state index < -0.39 is 0 Å². The van der Waals surface area contributed by atoms with Crippen molar-refractivity contribution in [3.8, 4) is 28.8 Å². The van der Waals surface area contributed by atoms with E-state index in [1.807, 2.05) is 40.5 Å². The molecule has 0 saturated heterocycles. The molecular formula is C17H12N6OS. The van der Waals surface area contributed by atoms with Gasteiger partial charge in [0, 0.05) is 16.5 Å². The molecule has 0 saturated carbocycles. The third-order valence-electron chi connectivity index (χ3n) is 3.73. The van der Waals surface area contributed by atoms with Gasteiger partial charge in [0.05, 0.1) is 11.6 Å². The highest BCUT2D eigenvalue weighted by molar-refractivity contribution is 7.08. The number of hydrogen-bond acceptors (Lipinski definition) is 7. The van der Waals surface area contributed by atoms with Crippen LogP contribution in [0.5, 0.6) is 0 Å². The molecule has 0 fully saturated rings. The summed E-state index contributed by atoms with van der Waals surface area (Å²) in [4.78, 5) is 4.44. The first-order valence-corrected chi connectivity index (χ1v) is 8.44. The smallest absolute Gasteiger partial charge is 0.247 e. The molecule has 0 N–H and O–H groups in total. The van der Waals surface area contributed by atoms with Crippen molar-refractivity contribution in [2.24, 2.45) is 0 Å². The maximum Gasteiger partial charge on any atom is 0.247 e. The summed E-state index contributed by atoms with van der Waals surface area (Å²) in [6.07, 6.45) is 0. The molecule has 1 aromatic carbocycles. The van der Waals surface area contributed by atoms with Crippen LogP contribution in [0, 0.1) is 18.3 Å². The summed E-state index contributed by atoms with van der Waals surface area (Å²) in [5.74, 6) is 2.43. The summed E-state index contributed by atoms with van der Waals surface area (Å²) in [7, 11) is 0.